The predicted octanol–water partition coefficient (Wildman–Crippen LogP) is 1.78. The van der Waals surface area contributed by atoms with Gasteiger partial charge in [-0.3, -0.25) is 0 Å². The molecule has 0 aromatic heterocycles. The zero-order valence-electron chi connectivity index (χ0n) is 11.5. The summed E-state index contributed by atoms with van der Waals surface area (Å²) in [6.07, 6.45) is 1.97. The molecule has 1 aliphatic rings. The zero-order chi connectivity index (χ0) is 14.5. The molecule has 0 radical (unpaired) electrons. The topological polar surface area (TPSA) is 78.4 Å². The lowest BCUT2D eigenvalue weighted by atomic mass is 10.1. The van der Waals surface area contributed by atoms with Crippen LogP contribution in [0.15, 0.2) is 30.3 Å². The molecule has 3 atom stereocenters. The second-order valence-electron chi connectivity index (χ2n) is 5.35. The molecule has 1 saturated carbocycles. The van der Waals surface area contributed by atoms with E-state index >= 15 is 0 Å². The van der Waals surface area contributed by atoms with Crippen molar-refractivity contribution in [2.24, 2.45) is 5.92 Å². The van der Waals surface area contributed by atoms with E-state index in [4.69, 9.17) is 5.11 Å². The number of carbonyl (C=O) groups is 2. The van der Waals surface area contributed by atoms with Crippen LogP contribution in [0.4, 0.5) is 4.79 Å². The maximum absolute atomic E-state index is 11.7. The fourth-order valence-corrected chi connectivity index (χ4v) is 2.10. The fourth-order valence-electron chi connectivity index (χ4n) is 2.10. The normalized spacial score (nSPS) is 21.9. The Labute approximate surface area is 118 Å². The van der Waals surface area contributed by atoms with Crippen LogP contribution in [0, 0.1) is 5.92 Å². The minimum atomic E-state index is -1.00. The van der Waals surface area contributed by atoms with Gasteiger partial charge in [0, 0.05) is 6.04 Å². The van der Waals surface area contributed by atoms with Crippen LogP contribution in [0.5, 0.6) is 0 Å². The number of hydrogen-bond acceptors (Lipinski definition) is 2. The van der Waals surface area contributed by atoms with Crippen LogP contribution in [0.3, 0.4) is 0 Å². The van der Waals surface area contributed by atoms with Gasteiger partial charge in [0.1, 0.15) is 6.04 Å². The first-order chi connectivity index (χ1) is 9.56. The lowest BCUT2D eigenvalue weighted by Crippen LogP contribution is -2.47. The first-order valence-corrected chi connectivity index (χ1v) is 6.90. The minimum absolute atomic E-state index is 0.193. The molecule has 108 valence electrons. The monoisotopic (exact) mass is 276 g/mol. The first-order valence-electron chi connectivity index (χ1n) is 6.90. The van der Waals surface area contributed by atoms with Crippen LogP contribution in [0.1, 0.15) is 25.3 Å². The number of aliphatic carboxylic acids is 1. The summed E-state index contributed by atoms with van der Waals surface area (Å²) in [5, 5.41) is 14.5. The lowest BCUT2D eigenvalue weighted by molar-refractivity contribution is -0.139. The van der Waals surface area contributed by atoms with Crippen molar-refractivity contribution in [1.29, 1.82) is 0 Å². The number of hydrogen-bond donors (Lipinski definition) is 3. The highest BCUT2D eigenvalue weighted by Crippen LogP contribution is 2.28. The predicted molar refractivity (Wildman–Crippen MR) is 75.4 cm³/mol. The van der Waals surface area contributed by atoms with Crippen molar-refractivity contribution in [2.75, 3.05) is 0 Å². The van der Waals surface area contributed by atoms with Crippen LogP contribution >= 0.6 is 0 Å². The number of nitrogens with one attached hydrogen (secondary N) is 2. The minimum Gasteiger partial charge on any atom is -0.480 e. The molecule has 0 bridgehead atoms. The van der Waals surface area contributed by atoms with E-state index in [0.717, 1.165) is 12.0 Å². The molecule has 1 aromatic rings. The number of urea groups is 1. The third-order valence-corrected chi connectivity index (χ3v) is 3.59. The number of benzene rings is 1. The summed E-state index contributed by atoms with van der Waals surface area (Å²) >= 11 is 0. The molecule has 5 nitrogen and oxygen atoms in total. The standard InChI is InChI=1S/C15H20N2O3/c1-10-9-13(10)17-15(20)16-12(14(18)19)8-7-11-5-3-2-4-6-11/h2-6,10,12-13H,7-9H2,1H3,(H,18,19)(H2,16,17,20). The molecule has 0 aliphatic heterocycles. The largest absolute Gasteiger partial charge is 0.480 e. The van der Waals surface area contributed by atoms with Crippen molar-refractivity contribution < 1.29 is 14.7 Å². The highest BCUT2D eigenvalue weighted by molar-refractivity contribution is 5.82. The third kappa shape index (κ3) is 4.26. The van der Waals surface area contributed by atoms with Crippen LogP contribution in [-0.4, -0.2) is 29.2 Å². The smallest absolute Gasteiger partial charge is 0.326 e. The second kappa shape index (κ2) is 6.41. The zero-order valence-corrected chi connectivity index (χ0v) is 11.5. The average Bonchev–Trinajstić information content (AvgIpc) is 3.10. The number of carbonyl (C=O) groups excluding carboxylic acids is 1. The molecule has 2 amide bonds. The van der Waals surface area contributed by atoms with Crippen molar-refractivity contribution in [2.45, 2.75) is 38.3 Å². The van der Waals surface area contributed by atoms with Gasteiger partial charge in [0.15, 0.2) is 0 Å². The van der Waals surface area contributed by atoms with Crippen molar-refractivity contribution in [1.82, 2.24) is 10.6 Å². The Morgan fingerprint density at radius 1 is 1.35 bits per heavy atom. The highest BCUT2D eigenvalue weighted by atomic mass is 16.4. The second-order valence-corrected chi connectivity index (χ2v) is 5.35. The van der Waals surface area contributed by atoms with E-state index in [1.54, 1.807) is 0 Å². The van der Waals surface area contributed by atoms with E-state index in [2.05, 4.69) is 17.6 Å². The van der Waals surface area contributed by atoms with Crippen LogP contribution in [0.2, 0.25) is 0 Å². The van der Waals surface area contributed by atoms with Crippen LogP contribution in [0.25, 0.3) is 0 Å². The Morgan fingerprint density at radius 2 is 2.00 bits per heavy atom. The molecule has 0 spiro atoms. The van der Waals surface area contributed by atoms with Crippen molar-refractivity contribution in [3.8, 4) is 0 Å². The summed E-state index contributed by atoms with van der Waals surface area (Å²) in [6, 6.07) is 8.60. The van der Waals surface area contributed by atoms with Crippen LogP contribution in [-0.2, 0) is 11.2 Å². The quantitative estimate of drug-likeness (QED) is 0.741. The Bertz CT molecular complexity index is 475. The Morgan fingerprint density at radius 3 is 2.55 bits per heavy atom. The number of carboxylic acids is 1. The molecule has 0 heterocycles. The first kappa shape index (κ1) is 14.4. The molecule has 5 heteroatoms. The molecule has 20 heavy (non-hydrogen) atoms. The number of amides is 2. The Kier molecular flexibility index (Phi) is 4.61. The van der Waals surface area contributed by atoms with E-state index in [-0.39, 0.29) is 12.1 Å². The van der Waals surface area contributed by atoms with E-state index in [1.165, 1.54) is 0 Å². The molecular formula is C15H20N2O3. The molecule has 1 aromatic carbocycles. The van der Waals surface area contributed by atoms with Gasteiger partial charge in [0.05, 0.1) is 0 Å². The Balaban J connectivity index is 1.81. The molecule has 3 N–H and O–H groups in total. The van der Waals surface area contributed by atoms with Gasteiger partial charge in [-0.1, -0.05) is 37.3 Å². The van der Waals surface area contributed by atoms with Crippen molar-refractivity contribution in [3.63, 3.8) is 0 Å². The summed E-state index contributed by atoms with van der Waals surface area (Å²) in [7, 11) is 0. The van der Waals surface area contributed by atoms with Gasteiger partial charge in [-0.2, -0.15) is 0 Å². The summed E-state index contributed by atoms with van der Waals surface area (Å²) in [6.45, 7) is 2.05. The van der Waals surface area contributed by atoms with Gasteiger partial charge >= 0.3 is 12.0 Å². The molecule has 1 aliphatic carbocycles. The summed E-state index contributed by atoms with van der Waals surface area (Å²) in [5.74, 6) is -0.506. The Hall–Kier alpha value is -2.04. The molecule has 3 unspecified atom stereocenters. The van der Waals surface area contributed by atoms with E-state index < -0.39 is 12.0 Å². The number of rotatable bonds is 6. The molecule has 0 saturated heterocycles. The fraction of sp³-hybridized carbons (Fsp3) is 0.467. The van der Waals surface area contributed by atoms with Gasteiger partial charge in [-0.15, -0.1) is 0 Å². The number of aryl methyl sites for hydroxylation is 1. The van der Waals surface area contributed by atoms with E-state index in [9.17, 15) is 9.59 Å². The number of carboxylic acid groups (broad SMARTS) is 1. The maximum Gasteiger partial charge on any atom is 0.326 e. The summed E-state index contributed by atoms with van der Waals surface area (Å²) in [4.78, 5) is 22.9. The summed E-state index contributed by atoms with van der Waals surface area (Å²) in [5.41, 5.74) is 1.07. The van der Waals surface area contributed by atoms with Gasteiger partial charge in [-0.25, -0.2) is 9.59 Å². The van der Waals surface area contributed by atoms with Gasteiger partial charge in [-0.05, 0) is 30.7 Å². The van der Waals surface area contributed by atoms with E-state index in [1.807, 2.05) is 30.3 Å². The SMILES string of the molecule is CC1CC1NC(=O)NC(CCc1ccccc1)C(=O)O. The third-order valence-electron chi connectivity index (χ3n) is 3.59. The molecular weight excluding hydrogens is 256 g/mol. The van der Waals surface area contributed by atoms with Crippen molar-refractivity contribution in [3.05, 3.63) is 35.9 Å². The maximum atomic E-state index is 11.7. The van der Waals surface area contributed by atoms with Gasteiger partial charge in [0.25, 0.3) is 0 Å². The summed E-state index contributed by atoms with van der Waals surface area (Å²) < 4.78 is 0. The van der Waals surface area contributed by atoms with Gasteiger partial charge < -0.3 is 15.7 Å². The molecule has 2 rings (SSSR count). The van der Waals surface area contributed by atoms with E-state index in [0.29, 0.717) is 18.8 Å². The molecule has 1 fully saturated rings. The van der Waals surface area contributed by atoms with Gasteiger partial charge in [0.2, 0.25) is 0 Å². The average molecular weight is 276 g/mol. The van der Waals surface area contributed by atoms with Crippen molar-refractivity contribution >= 4 is 12.0 Å². The van der Waals surface area contributed by atoms with Crippen LogP contribution < -0.4 is 10.6 Å². The highest BCUT2D eigenvalue weighted by Gasteiger charge is 2.34. The lowest BCUT2D eigenvalue weighted by Gasteiger charge is -2.15.